The lowest BCUT2D eigenvalue weighted by atomic mass is 10.1. The number of carbonyl (C=O) groups excluding carboxylic acids is 1. The molecular formula is C16H28N4O. The zero-order valence-electron chi connectivity index (χ0n) is 13.7. The van der Waals surface area contributed by atoms with Crippen LogP contribution in [-0.4, -0.2) is 49.5 Å². The van der Waals surface area contributed by atoms with Gasteiger partial charge in [-0.1, -0.05) is 6.92 Å². The topological polar surface area (TPSA) is 57.3 Å². The Kier molecular flexibility index (Phi) is 7.75. The number of hydrogen-bond acceptors (Lipinski definition) is 4. The molecule has 1 rings (SSSR count). The first-order valence-corrected chi connectivity index (χ1v) is 7.74. The molecule has 1 aromatic heterocycles. The van der Waals surface area contributed by atoms with Crippen LogP contribution in [0.2, 0.25) is 0 Å². The summed E-state index contributed by atoms with van der Waals surface area (Å²) in [6.45, 7) is 6.63. The molecule has 0 saturated heterocycles. The number of pyridine rings is 1. The van der Waals surface area contributed by atoms with Gasteiger partial charge in [0.1, 0.15) is 5.82 Å². The quantitative estimate of drug-likeness (QED) is 0.685. The van der Waals surface area contributed by atoms with Gasteiger partial charge >= 0.3 is 0 Å². The number of hydrogen-bond donors (Lipinski definition) is 2. The van der Waals surface area contributed by atoms with Crippen LogP contribution >= 0.6 is 0 Å². The van der Waals surface area contributed by atoms with Crippen molar-refractivity contribution in [2.24, 2.45) is 0 Å². The van der Waals surface area contributed by atoms with Gasteiger partial charge in [0.2, 0.25) is 0 Å². The predicted octanol–water partition coefficient (Wildman–Crippen LogP) is 2.15. The monoisotopic (exact) mass is 292 g/mol. The van der Waals surface area contributed by atoms with Crippen molar-refractivity contribution >= 4 is 11.7 Å². The fourth-order valence-electron chi connectivity index (χ4n) is 2.03. The van der Waals surface area contributed by atoms with Gasteiger partial charge < -0.3 is 15.5 Å². The number of nitrogens with zero attached hydrogens (tertiary/aromatic N) is 2. The van der Waals surface area contributed by atoms with E-state index in [9.17, 15) is 4.79 Å². The van der Waals surface area contributed by atoms with Crippen molar-refractivity contribution in [3.05, 3.63) is 23.4 Å². The van der Waals surface area contributed by atoms with Crippen LogP contribution in [0.3, 0.4) is 0 Å². The van der Waals surface area contributed by atoms with Gasteiger partial charge in [-0.25, -0.2) is 4.98 Å². The minimum atomic E-state index is -0.0175. The lowest BCUT2D eigenvalue weighted by Gasteiger charge is -2.11. The molecule has 5 nitrogen and oxygen atoms in total. The highest BCUT2D eigenvalue weighted by Gasteiger charge is 2.08. The molecule has 118 valence electrons. The first-order chi connectivity index (χ1) is 10.1. The number of unbranched alkanes of at least 4 members (excludes halogenated alkanes) is 1. The molecule has 1 aromatic rings. The molecule has 21 heavy (non-hydrogen) atoms. The number of aryl methyl sites for hydroxylation is 1. The summed E-state index contributed by atoms with van der Waals surface area (Å²) in [6, 6.07) is 3.69. The van der Waals surface area contributed by atoms with Crippen LogP contribution in [0.5, 0.6) is 0 Å². The minimum Gasteiger partial charge on any atom is -0.370 e. The van der Waals surface area contributed by atoms with Gasteiger partial charge in [-0.15, -0.1) is 0 Å². The maximum atomic E-state index is 12.2. The molecular weight excluding hydrogens is 264 g/mol. The van der Waals surface area contributed by atoms with E-state index in [2.05, 4.69) is 34.6 Å². The van der Waals surface area contributed by atoms with E-state index in [0.29, 0.717) is 12.1 Å². The standard InChI is InChI=1S/C16H28N4O/c1-5-14-11-13(12-15(19-14)17-6-2)16(21)18-9-7-8-10-20(3)4/h11-12H,5-10H2,1-4H3,(H,17,19)(H,18,21). The Morgan fingerprint density at radius 2 is 2.00 bits per heavy atom. The summed E-state index contributed by atoms with van der Waals surface area (Å²) in [6.07, 6.45) is 2.91. The summed E-state index contributed by atoms with van der Waals surface area (Å²) < 4.78 is 0. The second-order valence-electron chi connectivity index (χ2n) is 5.38. The molecule has 5 heteroatoms. The predicted molar refractivity (Wildman–Crippen MR) is 87.9 cm³/mol. The van der Waals surface area contributed by atoms with Crippen LogP contribution in [-0.2, 0) is 6.42 Å². The van der Waals surface area contributed by atoms with Gasteiger partial charge in [0, 0.05) is 24.3 Å². The Hall–Kier alpha value is -1.62. The van der Waals surface area contributed by atoms with Crippen LogP contribution in [0.1, 0.15) is 42.7 Å². The van der Waals surface area contributed by atoms with Crippen LogP contribution in [0, 0.1) is 0 Å². The molecule has 0 radical (unpaired) electrons. The second-order valence-corrected chi connectivity index (χ2v) is 5.38. The van der Waals surface area contributed by atoms with Crippen molar-refractivity contribution < 1.29 is 4.79 Å². The van der Waals surface area contributed by atoms with Crippen molar-refractivity contribution in [1.82, 2.24) is 15.2 Å². The highest BCUT2D eigenvalue weighted by molar-refractivity contribution is 5.95. The first kappa shape index (κ1) is 17.4. The van der Waals surface area contributed by atoms with E-state index in [4.69, 9.17) is 0 Å². The van der Waals surface area contributed by atoms with Gasteiger partial charge in [0.15, 0.2) is 0 Å². The molecule has 2 N–H and O–H groups in total. The van der Waals surface area contributed by atoms with Crippen molar-refractivity contribution in [2.75, 3.05) is 39.0 Å². The number of rotatable bonds is 9. The highest BCUT2D eigenvalue weighted by Crippen LogP contribution is 2.11. The number of aromatic nitrogens is 1. The molecule has 0 atom stereocenters. The molecule has 0 spiro atoms. The third-order valence-corrected chi connectivity index (χ3v) is 3.18. The third kappa shape index (κ3) is 6.58. The molecule has 0 unspecified atom stereocenters. The fourth-order valence-corrected chi connectivity index (χ4v) is 2.03. The van der Waals surface area contributed by atoms with Crippen LogP contribution in [0.15, 0.2) is 12.1 Å². The average Bonchev–Trinajstić information content (AvgIpc) is 2.46. The average molecular weight is 292 g/mol. The van der Waals surface area contributed by atoms with Crippen molar-refractivity contribution in [1.29, 1.82) is 0 Å². The molecule has 0 fully saturated rings. The summed E-state index contributed by atoms with van der Waals surface area (Å²) in [5.74, 6) is 0.755. The van der Waals surface area contributed by atoms with Gasteiger partial charge in [-0.2, -0.15) is 0 Å². The molecule has 0 bridgehead atoms. The summed E-state index contributed by atoms with van der Waals surface area (Å²) >= 11 is 0. The van der Waals surface area contributed by atoms with E-state index < -0.39 is 0 Å². The summed E-state index contributed by atoms with van der Waals surface area (Å²) in [7, 11) is 4.12. The summed E-state index contributed by atoms with van der Waals surface area (Å²) in [5.41, 5.74) is 1.62. The molecule has 0 aliphatic carbocycles. The summed E-state index contributed by atoms with van der Waals surface area (Å²) in [4.78, 5) is 18.8. The molecule has 0 saturated carbocycles. The van der Waals surface area contributed by atoms with E-state index in [1.807, 2.05) is 26.0 Å². The fraction of sp³-hybridized carbons (Fsp3) is 0.625. The Morgan fingerprint density at radius 1 is 1.24 bits per heavy atom. The van der Waals surface area contributed by atoms with Gasteiger partial charge in [-0.3, -0.25) is 4.79 Å². The van der Waals surface area contributed by atoms with Crippen LogP contribution < -0.4 is 10.6 Å². The van der Waals surface area contributed by atoms with E-state index >= 15 is 0 Å². The van der Waals surface area contributed by atoms with E-state index in [0.717, 1.165) is 43.9 Å². The van der Waals surface area contributed by atoms with E-state index in [-0.39, 0.29) is 5.91 Å². The van der Waals surface area contributed by atoms with Gasteiger partial charge in [0.05, 0.1) is 0 Å². The van der Waals surface area contributed by atoms with E-state index in [1.54, 1.807) is 0 Å². The number of amides is 1. The Morgan fingerprint density at radius 3 is 2.62 bits per heavy atom. The zero-order valence-corrected chi connectivity index (χ0v) is 13.7. The normalized spacial score (nSPS) is 10.7. The lowest BCUT2D eigenvalue weighted by molar-refractivity contribution is 0.0952. The Bertz CT molecular complexity index is 446. The third-order valence-electron chi connectivity index (χ3n) is 3.18. The maximum Gasteiger partial charge on any atom is 0.251 e. The molecule has 0 aliphatic heterocycles. The first-order valence-electron chi connectivity index (χ1n) is 7.74. The smallest absolute Gasteiger partial charge is 0.251 e. The van der Waals surface area contributed by atoms with Crippen molar-refractivity contribution in [3.63, 3.8) is 0 Å². The van der Waals surface area contributed by atoms with Crippen LogP contribution in [0.4, 0.5) is 5.82 Å². The Balaban J connectivity index is 2.54. The minimum absolute atomic E-state index is 0.0175. The van der Waals surface area contributed by atoms with E-state index in [1.165, 1.54) is 0 Å². The molecule has 0 aromatic carbocycles. The molecule has 0 aliphatic rings. The van der Waals surface area contributed by atoms with Crippen molar-refractivity contribution in [2.45, 2.75) is 33.1 Å². The Labute approximate surface area is 128 Å². The van der Waals surface area contributed by atoms with Gasteiger partial charge in [0.25, 0.3) is 5.91 Å². The number of nitrogens with one attached hydrogen (secondary N) is 2. The zero-order chi connectivity index (χ0) is 15.7. The molecule has 1 heterocycles. The largest absolute Gasteiger partial charge is 0.370 e. The highest BCUT2D eigenvalue weighted by atomic mass is 16.1. The van der Waals surface area contributed by atoms with Crippen LogP contribution in [0.25, 0.3) is 0 Å². The molecule has 1 amide bonds. The summed E-state index contributed by atoms with van der Waals surface area (Å²) in [5, 5.41) is 6.15. The SMILES string of the molecule is CCNc1cc(C(=O)NCCCCN(C)C)cc(CC)n1. The number of carbonyl (C=O) groups is 1. The van der Waals surface area contributed by atoms with Crippen molar-refractivity contribution in [3.8, 4) is 0 Å². The van der Waals surface area contributed by atoms with Gasteiger partial charge in [-0.05, 0) is 59.0 Å². The lowest BCUT2D eigenvalue weighted by Crippen LogP contribution is -2.25. The maximum absolute atomic E-state index is 12.2. The second kappa shape index (κ2) is 9.34. The number of anilines is 1.